The van der Waals surface area contributed by atoms with E-state index in [1.54, 1.807) is 18.2 Å². The van der Waals surface area contributed by atoms with Crippen LogP contribution < -0.4 is 5.32 Å². The molecule has 26 heavy (non-hydrogen) atoms. The van der Waals surface area contributed by atoms with Gasteiger partial charge in [0.25, 0.3) is 5.91 Å². The third kappa shape index (κ3) is 4.04. The molecule has 7 heteroatoms. The maximum absolute atomic E-state index is 12.8. The number of carboxylic acids is 1. The second-order valence-corrected chi connectivity index (χ2v) is 7.58. The van der Waals surface area contributed by atoms with E-state index < -0.39 is 5.97 Å². The van der Waals surface area contributed by atoms with E-state index in [9.17, 15) is 9.59 Å². The van der Waals surface area contributed by atoms with Gasteiger partial charge in [0.05, 0.1) is 11.3 Å². The molecule has 1 aromatic carbocycles. The number of benzene rings is 1. The number of aryl methyl sites for hydroxylation is 1. The summed E-state index contributed by atoms with van der Waals surface area (Å²) in [4.78, 5) is 30.9. The van der Waals surface area contributed by atoms with Crippen LogP contribution in [0.5, 0.6) is 0 Å². The number of aromatic carboxylic acids is 1. The molecule has 1 atom stereocenters. The molecule has 0 saturated carbocycles. The molecule has 1 aliphatic heterocycles. The summed E-state index contributed by atoms with van der Waals surface area (Å²) in [6, 6.07) is 7.06. The van der Waals surface area contributed by atoms with Crippen LogP contribution in [0.2, 0.25) is 0 Å². The number of anilines is 1. The minimum absolute atomic E-state index is 0.0472. The van der Waals surface area contributed by atoms with Crippen molar-refractivity contribution in [2.75, 3.05) is 25.0 Å². The summed E-state index contributed by atoms with van der Waals surface area (Å²) in [7, 11) is 0. The molecular formula is C19H23N3O3S. The van der Waals surface area contributed by atoms with Crippen LogP contribution in [0.1, 0.15) is 44.6 Å². The van der Waals surface area contributed by atoms with Gasteiger partial charge in [-0.05, 0) is 50.3 Å². The van der Waals surface area contributed by atoms with Gasteiger partial charge in [-0.25, -0.2) is 9.78 Å². The van der Waals surface area contributed by atoms with Crippen molar-refractivity contribution in [1.29, 1.82) is 0 Å². The lowest BCUT2D eigenvalue weighted by atomic mass is 9.97. The molecule has 0 spiro atoms. The first-order valence-corrected chi connectivity index (χ1v) is 9.62. The topological polar surface area (TPSA) is 82.5 Å². The van der Waals surface area contributed by atoms with Crippen molar-refractivity contribution >= 4 is 28.3 Å². The first-order valence-electron chi connectivity index (χ1n) is 8.80. The van der Waals surface area contributed by atoms with E-state index in [1.165, 1.54) is 11.3 Å². The van der Waals surface area contributed by atoms with Gasteiger partial charge in [-0.3, -0.25) is 4.79 Å². The molecule has 1 amide bonds. The van der Waals surface area contributed by atoms with Gasteiger partial charge >= 0.3 is 5.97 Å². The Hall–Kier alpha value is -2.41. The minimum atomic E-state index is -0.910. The molecule has 1 saturated heterocycles. The van der Waals surface area contributed by atoms with Crippen molar-refractivity contribution in [2.24, 2.45) is 5.92 Å². The van der Waals surface area contributed by atoms with Crippen LogP contribution >= 0.6 is 11.3 Å². The van der Waals surface area contributed by atoms with Crippen molar-refractivity contribution in [3.05, 3.63) is 46.0 Å². The highest BCUT2D eigenvalue weighted by Gasteiger charge is 2.29. The molecular weight excluding hydrogens is 350 g/mol. The minimum Gasteiger partial charge on any atom is -0.478 e. The summed E-state index contributed by atoms with van der Waals surface area (Å²) >= 11 is 1.41. The Labute approximate surface area is 156 Å². The van der Waals surface area contributed by atoms with Crippen molar-refractivity contribution in [3.63, 3.8) is 0 Å². The quantitative estimate of drug-likeness (QED) is 0.812. The number of nitrogens with zero attached hydrogens (tertiary/aromatic N) is 2. The zero-order valence-electron chi connectivity index (χ0n) is 15.0. The molecule has 1 fully saturated rings. The Morgan fingerprint density at radius 1 is 1.42 bits per heavy atom. The Bertz CT molecular complexity index is 818. The predicted octanol–water partition coefficient (Wildman–Crippen LogP) is 3.29. The summed E-state index contributed by atoms with van der Waals surface area (Å²) < 4.78 is 0. The molecule has 2 heterocycles. The molecule has 6 nitrogen and oxygen atoms in total. The number of rotatable bonds is 6. The van der Waals surface area contributed by atoms with E-state index in [-0.39, 0.29) is 5.91 Å². The molecule has 0 unspecified atom stereocenters. The van der Waals surface area contributed by atoms with E-state index in [2.05, 4.69) is 10.3 Å². The number of hydrogen-bond donors (Lipinski definition) is 2. The van der Waals surface area contributed by atoms with Crippen LogP contribution in [-0.4, -0.2) is 46.5 Å². The van der Waals surface area contributed by atoms with Crippen LogP contribution in [0.25, 0.3) is 0 Å². The number of aromatic nitrogens is 1. The molecule has 1 aliphatic rings. The fourth-order valence-electron chi connectivity index (χ4n) is 3.31. The summed E-state index contributed by atoms with van der Waals surface area (Å²) in [5, 5.41) is 13.1. The molecule has 2 N–H and O–H groups in total. The van der Waals surface area contributed by atoms with Gasteiger partial charge in [0, 0.05) is 19.6 Å². The van der Waals surface area contributed by atoms with Gasteiger partial charge in [-0.1, -0.05) is 23.5 Å². The predicted molar refractivity (Wildman–Crippen MR) is 102 cm³/mol. The van der Waals surface area contributed by atoms with Gasteiger partial charge in [0.15, 0.2) is 5.13 Å². The van der Waals surface area contributed by atoms with E-state index >= 15 is 0 Å². The Kier molecular flexibility index (Phi) is 5.56. The molecule has 1 aromatic heterocycles. The van der Waals surface area contributed by atoms with Crippen molar-refractivity contribution in [1.82, 2.24) is 9.88 Å². The number of nitrogens with one attached hydrogen (secondary N) is 1. The molecule has 0 bridgehead atoms. The van der Waals surface area contributed by atoms with Gasteiger partial charge < -0.3 is 15.3 Å². The number of likely N-dealkylation sites (tertiary alicyclic amines) is 1. The van der Waals surface area contributed by atoms with Gasteiger partial charge in [-0.15, -0.1) is 0 Å². The molecule has 3 rings (SSSR count). The molecule has 138 valence electrons. The largest absolute Gasteiger partial charge is 0.478 e. The highest BCUT2D eigenvalue weighted by Crippen LogP contribution is 2.28. The first-order chi connectivity index (χ1) is 12.5. The van der Waals surface area contributed by atoms with E-state index in [1.807, 2.05) is 24.8 Å². The lowest BCUT2D eigenvalue weighted by molar-refractivity contribution is 0.0696. The smallest absolute Gasteiger partial charge is 0.335 e. The van der Waals surface area contributed by atoms with Crippen LogP contribution in [0.15, 0.2) is 24.3 Å². The number of hydrogen-bond acceptors (Lipinski definition) is 5. The van der Waals surface area contributed by atoms with Gasteiger partial charge in [-0.2, -0.15) is 0 Å². The Morgan fingerprint density at radius 3 is 2.96 bits per heavy atom. The maximum Gasteiger partial charge on any atom is 0.335 e. The molecule has 0 aliphatic carbocycles. The van der Waals surface area contributed by atoms with Gasteiger partial charge in [0.1, 0.15) is 4.88 Å². The third-order valence-corrected chi connectivity index (χ3v) is 5.69. The first kappa shape index (κ1) is 18.4. The second-order valence-electron chi connectivity index (χ2n) is 6.58. The summed E-state index contributed by atoms with van der Waals surface area (Å²) in [5.74, 6) is -0.511. The van der Waals surface area contributed by atoms with Crippen molar-refractivity contribution in [3.8, 4) is 0 Å². The highest BCUT2D eigenvalue weighted by atomic mass is 32.1. The number of amides is 1. The lowest BCUT2D eigenvalue weighted by Crippen LogP contribution is -2.28. The van der Waals surface area contributed by atoms with E-state index in [0.29, 0.717) is 22.9 Å². The third-order valence-electron chi connectivity index (χ3n) is 4.59. The van der Waals surface area contributed by atoms with E-state index in [4.69, 9.17) is 5.11 Å². The average molecular weight is 373 g/mol. The van der Waals surface area contributed by atoms with Crippen LogP contribution in [0, 0.1) is 12.8 Å². The molecule has 2 aromatic rings. The maximum atomic E-state index is 12.8. The lowest BCUT2D eigenvalue weighted by Gasteiger charge is -2.16. The normalized spacial score (nSPS) is 16.7. The summed E-state index contributed by atoms with van der Waals surface area (Å²) in [6.45, 7) is 6.08. The fourth-order valence-corrected chi connectivity index (χ4v) is 4.32. The van der Waals surface area contributed by atoms with E-state index in [0.717, 1.165) is 42.3 Å². The monoisotopic (exact) mass is 373 g/mol. The Morgan fingerprint density at radius 2 is 2.23 bits per heavy atom. The molecule has 0 radical (unpaired) electrons. The highest BCUT2D eigenvalue weighted by molar-refractivity contribution is 7.17. The zero-order valence-corrected chi connectivity index (χ0v) is 15.8. The Balaban J connectivity index is 1.64. The van der Waals surface area contributed by atoms with Crippen molar-refractivity contribution < 1.29 is 14.7 Å². The van der Waals surface area contributed by atoms with Gasteiger partial charge in [0.2, 0.25) is 0 Å². The standard InChI is InChI=1S/C19H23N3O3S/c1-3-20-19-21-12(2)16(26-19)17(23)22-8-7-14(11-22)9-13-5-4-6-15(10-13)18(24)25/h4-6,10,14H,3,7-9,11H2,1-2H3,(H,20,21)(H,24,25)/t14-/m1/s1. The number of carbonyl (C=O) groups excluding carboxylic acids is 1. The SMILES string of the molecule is CCNc1nc(C)c(C(=O)N2CC[C@H](Cc3cccc(C(=O)O)c3)C2)s1. The van der Waals surface area contributed by atoms with Crippen LogP contribution in [0.4, 0.5) is 5.13 Å². The summed E-state index contributed by atoms with van der Waals surface area (Å²) in [5.41, 5.74) is 2.09. The van der Waals surface area contributed by atoms with Crippen molar-refractivity contribution in [2.45, 2.75) is 26.7 Å². The fraction of sp³-hybridized carbons (Fsp3) is 0.421. The number of carbonyl (C=O) groups is 2. The van der Waals surface area contributed by atoms with Crippen LogP contribution in [-0.2, 0) is 6.42 Å². The average Bonchev–Trinajstić information content (AvgIpc) is 3.21. The van der Waals surface area contributed by atoms with Crippen LogP contribution in [0.3, 0.4) is 0 Å². The second kappa shape index (κ2) is 7.86. The summed E-state index contributed by atoms with van der Waals surface area (Å²) in [6.07, 6.45) is 1.72. The number of carboxylic acid groups (broad SMARTS) is 1. The zero-order chi connectivity index (χ0) is 18.7. The number of thiazole rings is 1.